The third kappa shape index (κ3) is 2.54. The van der Waals surface area contributed by atoms with Gasteiger partial charge in [0.25, 0.3) is 0 Å². The van der Waals surface area contributed by atoms with Crippen molar-refractivity contribution >= 4 is 5.95 Å². The van der Waals surface area contributed by atoms with Gasteiger partial charge in [0.2, 0.25) is 5.95 Å². The topological polar surface area (TPSA) is 70.8 Å². The Morgan fingerprint density at radius 1 is 1.30 bits per heavy atom. The van der Waals surface area contributed by atoms with Gasteiger partial charge in [-0.05, 0) is 17.9 Å². The highest BCUT2D eigenvalue weighted by molar-refractivity contribution is 5.57. The van der Waals surface area contributed by atoms with E-state index in [1.165, 1.54) is 5.56 Å². The minimum Gasteiger partial charge on any atom is -0.338 e. The Kier molecular flexibility index (Phi) is 3.44. The van der Waals surface area contributed by atoms with E-state index in [1.807, 2.05) is 0 Å². The number of benzene rings is 1. The Morgan fingerprint density at radius 3 is 2.65 bits per heavy atom. The van der Waals surface area contributed by atoms with E-state index in [1.54, 1.807) is 0 Å². The van der Waals surface area contributed by atoms with Gasteiger partial charge in [0.15, 0.2) is 5.82 Å². The fourth-order valence-corrected chi connectivity index (χ4v) is 2.52. The third-order valence-electron chi connectivity index (χ3n) is 3.83. The van der Waals surface area contributed by atoms with Gasteiger partial charge in [0.05, 0.1) is 0 Å². The van der Waals surface area contributed by atoms with Gasteiger partial charge in [-0.2, -0.15) is 4.98 Å². The van der Waals surface area contributed by atoms with Crippen LogP contribution >= 0.6 is 0 Å². The Balaban J connectivity index is 1.79. The van der Waals surface area contributed by atoms with Crippen LogP contribution in [0.5, 0.6) is 0 Å². The predicted octanol–water partition coefficient (Wildman–Crippen LogP) is 2.13. The first-order chi connectivity index (χ1) is 9.63. The predicted molar refractivity (Wildman–Crippen MR) is 80.7 cm³/mol. The molecule has 2 aromatic rings. The fraction of sp³-hybridized carbons (Fsp3) is 0.467. The first-order valence-electron chi connectivity index (χ1n) is 7.17. The van der Waals surface area contributed by atoms with Crippen molar-refractivity contribution in [2.75, 3.05) is 18.0 Å². The Bertz CT molecular complexity index is 572. The van der Waals surface area contributed by atoms with Gasteiger partial charge < -0.3 is 10.6 Å². The molecule has 1 atom stereocenters. The Morgan fingerprint density at radius 2 is 2.05 bits per heavy atom. The maximum atomic E-state index is 5.92. The van der Waals surface area contributed by atoms with Crippen LogP contribution in [0, 0.1) is 0 Å². The highest BCUT2D eigenvalue weighted by atomic mass is 15.4. The van der Waals surface area contributed by atoms with Crippen molar-refractivity contribution in [3.8, 4) is 11.4 Å². The second-order valence-corrected chi connectivity index (χ2v) is 5.76. The number of hydrogen-bond donors (Lipinski definition) is 2. The molecule has 2 heterocycles. The van der Waals surface area contributed by atoms with Crippen LogP contribution in [0.2, 0.25) is 0 Å². The molecular weight excluding hydrogens is 250 g/mol. The van der Waals surface area contributed by atoms with Crippen LogP contribution < -0.4 is 10.6 Å². The standard InChI is InChI=1S/C15H21N5/c1-10(2)11-3-5-12(6-4-11)14-17-15(19-18-14)20-8-7-13(16)9-20/h3-6,10,13H,7-9,16H2,1-2H3,(H,17,18,19). The molecule has 1 aromatic carbocycles. The molecule has 1 saturated heterocycles. The Labute approximate surface area is 119 Å². The minimum atomic E-state index is 0.238. The van der Waals surface area contributed by atoms with Gasteiger partial charge in [0, 0.05) is 24.7 Å². The first-order valence-corrected chi connectivity index (χ1v) is 7.17. The zero-order valence-electron chi connectivity index (χ0n) is 12.0. The highest BCUT2D eigenvalue weighted by Gasteiger charge is 2.22. The van der Waals surface area contributed by atoms with Crippen molar-refractivity contribution in [2.24, 2.45) is 5.73 Å². The average molecular weight is 271 g/mol. The molecule has 20 heavy (non-hydrogen) atoms. The molecule has 5 nitrogen and oxygen atoms in total. The lowest BCUT2D eigenvalue weighted by molar-refractivity contribution is 0.750. The minimum absolute atomic E-state index is 0.238. The maximum absolute atomic E-state index is 5.92. The van der Waals surface area contributed by atoms with Crippen LogP contribution in [0.1, 0.15) is 31.7 Å². The summed E-state index contributed by atoms with van der Waals surface area (Å²) in [5, 5.41) is 7.32. The molecule has 3 N–H and O–H groups in total. The number of aromatic nitrogens is 3. The molecule has 1 fully saturated rings. The summed E-state index contributed by atoms with van der Waals surface area (Å²) in [5.41, 5.74) is 8.32. The summed E-state index contributed by atoms with van der Waals surface area (Å²) in [6.45, 7) is 6.16. The quantitative estimate of drug-likeness (QED) is 0.897. The van der Waals surface area contributed by atoms with Crippen LogP contribution in [0.15, 0.2) is 24.3 Å². The molecule has 0 aliphatic carbocycles. The normalized spacial score (nSPS) is 19.0. The van der Waals surface area contributed by atoms with Gasteiger partial charge in [0.1, 0.15) is 0 Å². The number of nitrogens with zero attached hydrogens (tertiary/aromatic N) is 3. The van der Waals surface area contributed by atoms with Gasteiger partial charge in [-0.3, -0.25) is 5.10 Å². The van der Waals surface area contributed by atoms with Gasteiger partial charge in [-0.25, -0.2) is 0 Å². The van der Waals surface area contributed by atoms with E-state index >= 15 is 0 Å². The number of hydrogen-bond acceptors (Lipinski definition) is 4. The summed E-state index contributed by atoms with van der Waals surface area (Å²) in [6.07, 6.45) is 1.01. The maximum Gasteiger partial charge on any atom is 0.245 e. The summed E-state index contributed by atoms with van der Waals surface area (Å²) in [4.78, 5) is 6.71. The number of anilines is 1. The van der Waals surface area contributed by atoms with E-state index in [2.05, 4.69) is 58.2 Å². The molecule has 5 heteroatoms. The van der Waals surface area contributed by atoms with E-state index in [0.717, 1.165) is 36.8 Å². The second kappa shape index (κ2) is 5.25. The summed E-state index contributed by atoms with van der Waals surface area (Å²) < 4.78 is 0. The number of nitrogens with one attached hydrogen (secondary N) is 1. The molecule has 106 valence electrons. The van der Waals surface area contributed by atoms with Crippen molar-refractivity contribution < 1.29 is 0 Å². The summed E-state index contributed by atoms with van der Waals surface area (Å²) in [5.74, 6) is 2.11. The van der Waals surface area contributed by atoms with E-state index in [9.17, 15) is 0 Å². The molecule has 3 rings (SSSR count). The third-order valence-corrected chi connectivity index (χ3v) is 3.83. The van der Waals surface area contributed by atoms with Crippen molar-refractivity contribution in [1.82, 2.24) is 15.2 Å². The van der Waals surface area contributed by atoms with Gasteiger partial charge >= 0.3 is 0 Å². The van der Waals surface area contributed by atoms with E-state index < -0.39 is 0 Å². The number of H-pyrrole nitrogens is 1. The lowest BCUT2D eigenvalue weighted by atomic mass is 10.0. The largest absolute Gasteiger partial charge is 0.338 e. The molecule has 1 aliphatic rings. The number of aromatic amines is 1. The van der Waals surface area contributed by atoms with Gasteiger partial charge in [-0.1, -0.05) is 38.1 Å². The molecule has 1 aliphatic heterocycles. The molecule has 0 amide bonds. The highest BCUT2D eigenvalue weighted by Crippen LogP contribution is 2.22. The number of rotatable bonds is 3. The van der Waals surface area contributed by atoms with Crippen LogP contribution in [-0.2, 0) is 0 Å². The van der Waals surface area contributed by atoms with E-state index in [4.69, 9.17) is 5.73 Å². The van der Waals surface area contributed by atoms with Crippen LogP contribution in [-0.4, -0.2) is 34.3 Å². The van der Waals surface area contributed by atoms with Crippen LogP contribution in [0.3, 0.4) is 0 Å². The van der Waals surface area contributed by atoms with Crippen LogP contribution in [0.4, 0.5) is 5.95 Å². The fourth-order valence-electron chi connectivity index (χ4n) is 2.52. The van der Waals surface area contributed by atoms with Crippen molar-refractivity contribution in [2.45, 2.75) is 32.2 Å². The molecular formula is C15H21N5. The summed E-state index contributed by atoms with van der Waals surface area (Å²) >= 11 is 0. The second-order valence-electron chi connectivity index (χ2n) is 5.76. The molecule has 0 bridgehead atoms. The molecule has 1 aromatic heterocycles. The zero-order valence-corrected chi connectivity index (χ0v) is 12.0. The van der Waals surface area contributed by atoms with E-state index in [-0.39, 0.29) is 6.04 Å². The molecule has 1 unspecified atom stereocenters. The van der Waals surface area contributed by atoms with E-state index in [0.29, 0.717) is 5.92 Å². The lowest BCUT2D eigenvalue weighted by Crippen LogP contribution is -2.26. The number of nitrogens with two attached hydrogens (primary N) is 1. The van der Waals surface area contributed by atoms with Gasteiger partial charge in [-0.15, -0.1) is 5.10 Å². The molecule has 0 spiro atoms. The Hall–Kier alpha value is -1.88. The zero-order chi connectivity index (χ0) is 14.1. The monoisotopic (exact) mass is 271 g/mol. The van der Waals surface area contributed by atoms with Crippen LogP contribution in [0.25, 0.3) is 11.4 Å². The smallest absolute Gasteiger partial charge is 0.245 e. The SMILES string of the molecule is CC(C)c1ccc(-c2nc(N3CCC(N)C3)n[nH]2)cc1. The van der Waals surface area contributed by atoms with Crippen molar-refractivity contribution in [3.63, 3.8) is 0 Å². The van der Waals surface area contributed by atoms with Crippen molar-refractivity contribution in [1.29, 1.82) is 0 Å². The summed E-state index contributed by atoms with van der Waals surface area (Å²) in [6, 6.07) is 8.72. The summed E-state index contributed by atoms with van der Waals surface area (Å²) in [7, 11) is 0. The molecule has 0 radical (unpaired) electrons. The lowest BCUT2D eigenvalue weighted by Gasteiger charge is -2.11. The van der Waals surface area contributed by atoms with Crippen molar-refractivity contribution in [3.05, 3.63) is 29.8 Å². The average Bonchev–Trinajstić information content (AvgIpc) is 3.07. The first kappa shape index (κ1) is 13.1. The molecule has 0 saturated carbocycles.